The maximum Gasteiger partial charge on any atom is 0.414 e. The summed E-state index contributed by atoms with van der Waals surface area (Å²) in [5.74, 6) is -0.246. The van der Waals surface area contributed by atoms with E-state index in [0.717, 1.165) is 0 Å². The zero-order valence-electron chi connectivity index (χ0n) is 10.4. The van der Waals surface area contributed by atoms with Gasteiger partial charge in [-0.1, -0.05) is 0 Å². The number of hydrogen-bond donors (Lipinski definition) is 2. The number of nitrogens with zero attached hydrogens (tertiary/aromatic N) is 3. The molecule has 1 amide bonds. The van der Waals surface area contributed by atoms with Crippen LogP contribution >= 0.6 is 0 Å². The van der Waals surface area contributed by atoms with E-state index in [2.05, 4.69) is 15.2 Å². The monoisotopic (exact) mass is 277 g/mol. The number of benzene rings is 1. The van der Waals surface area contributed by atoms with Gasteiger partial charge in [-0.2, -0.15) is 5.10 Å². The number of hydrogen-bond acceptors (Lipinski definition) is 5. The van der Waals surface area contributed by atoms with Crippen LogP contribution in [-0.4, -0.2) is 40.5 Å². The summed E-state index contributed by atoms with van der Waals surface area (Å²) >= 11 is 0. The number of anilines is 1. The fourth-order valence-corrected chi connectivity index (χ4v) is 2.05. The number of halogens is 1. The third kappa shape index (κ3) is 2.10. The number of rotatable bonds is 3. The lowest BCUT2D eigenvalue weighted by atomic mass is 10.1. The minimum absolute atomic E-state index is 0.236. The first-order valence-electron chi connectivity index (χ1n) is 6.03. The van der Waals surface area contributed by atoms with E-state index in [9.17, 15) is 9.18 Å². The maximum absolute atomic E-state index is 14.1. The first-order valence-corrected chi connectivity index (χ1v) is 6.03. The molecule has 1 atom stereocenters. The number of aromatic nitrogens is 3. The Hall–Kier alpha value is -2.48. The van der Waals surface area contributed by atoms with E-state index >= 15 is 0 Å². The van der Waals surface area contributed by atoms with E-state index in [1.807, 2.05) is 0 Å². The number of amides is 1. The highest BCUT2D eigenvalue weighted by molar-refractivity contribution is 5.90. The molecule has 0 aliphatic carbocycles. The van der Waals surface area contributed by atoms with Crippen molar-refractivity contribution < 1.29 is 13.9 Å². The normalized spacial score (nSPS) is 18.4. The average Bonchev–Trinajstić information content (AvgIpc) is 3.07. The summed E-state index contributed by atoms with van der Waals surface area (Å²) in [7, 11) is 0. The molecule has 1 saturated heterocycles. The number of H-pyrrole nitrogens is 1. The number of aromatic amines is 1. The summed E-state index contributed by atoms with van der Waals surface area (Å²) in [5, 5.41) is 6.34. The lowest BCUT2D eigenvalue weighted by Crippen LogP contribution is -2.27. The van der Waals surface area contributed by atoms with Crippen LogP contribution in [-0.2, 0) is 4.74 Å². The number of nitrogens with one attached hydrogen (secondary N) is 1. The number of cyclic esters (lactones) is 1. The minimum atomic E-state index is -0.523. The van der Waals surface area contributed by atoms with Crippen molar-refractivity contribution in [2.24, 2.45) is 5.73 Å². The average molecular weight is 277 g/mol. The molecule has 0 bridgehead atoms. The summed E-state index contributed by atoms with van der Waals surface area (Å²) in [5.41, 5.74) is 6.14. The second kappa shape index (κ2) is 4.89. The van der Waals surface area contributed by atoms with Crippen molar-refractivity contribution in [1.29, 1.82) is 0 Å². The summed E-state index contributed by atoms with van der Waals surface area (Å²) in [6.45, 7) is 0.550. The fraction of sp³-hybridized carbons (Fsp3) is 0.250. The predicted molar refractivity (Wildman–Crippen MR) is 68.4 cm³/mol. The van der Waals surface area contributed by atoms with Gasteiger partial charge in [0.15, 0.2) is 5.82 Å². The van der Waals surface area contributed by atoms with Gasteiger partial charge in [0.1, 0.15) is 18.2 Å². The van der Waals surface area contributed by atoms with E-state index in [1.165, 1.54) is 23.4 Å². The third-order valence-electron chi connectivity index (χ3n) is 3.06. The van der Waals surface area contributed by atoms with Crippen LogP contribution in [0.4, 0.5) is 14.9 Å². The Bertz CT molecular complexity index is 631. The van der Waals surface area contributed by atoms with Crippen molar-refractivity contribution in [1.82, 2.24) is 15.2 Å². The predicted octanol–water partition coefficient (Wildman–Crippen LogP) is 0.895. The van der Waals surface area contributed by atoms with Crippen LogP contribution in [0.15, 0.2) is 24.5 Å². The highest BCUT2D eigenvalue weighted by atomic mass is 19.1. The van der Waals surface area contributed by atoms with Gasteiger partial charge < -0.3 is 10.5 Å². The van der Waals surface area contributed by atoms with Crippen LogP contribution in [0.2, 0.25) is 0 Å². The molecule has 0 saturated carbocycles. The van der Waals surface area contributed by atoms with Gasteiger partial charge >= 0.3 is 6.09 Å². The Labute approximate surface area is 113 Å². The van der Waals surface area contributed by atoms with E-state index < -0.39 is 11.9 Å². The van der Waals surface area contributed by atoms with Crippen molar-refractivity contribution in [2.45, 2.75) is 6.10 Å². The maximum atomic E-state index is 14.1. The molecule has 1 unspecified atom stereocenters. The van der Waals surface area contributed by atoms with E-state index in [4.69, 9.17) is 10.5 Å². The van der Waals surface area contributed by atoms with Crippen molar-refractivity contribution in [3.8, 4) is 11.4 Å². The number of carbonyl (C=O) groups excluding carboxylic acids is 1. The molecule has 1 aromatic heterocycles. The zero-order valence-corrected chi connectivity index (χ0v) is 10.4. The summed E-state index contributed by atoms with van der Waals surface area (Å²) < 4.78 is 19.1. The van der Waals surface area contributed by atoms with Crippen LogP contribution < -0.4 is 10.6 Å². The third-order valence-corrected chi connectivity index (χ3v) is 3.06. The molecule has 1 aliphatic heterocycles. The standard InChI is InChI=1S/C12H12FN5O2/c13-10-3-7(18-5-8(4-14)20-12(18)19)1-2-9(10)11-15-6-16-17-11/h1-3,6,8H,4-5,14H2,(H,15,16,17). The van der Waals surface area contributed by atoms with Crippen LogP contribution in [0.25, 0.3) is 11.4 Å². The highest BCUT2D eigenvalue weighted by Gasteiger charge is 2.31. The summed E-state index contributed by atoms with van der Waals surface area (Å²) in [6.07, 6.45) is 0.482. The van der Waals surface area contributed by atoms with Gasteiger partial charge in [0.05, 0.1) is 17.8 Å². The molecule has 20 heavy (non-hydrogen) atoms. The largest absolute Gasteiger partial charge is 0.443 e. The summed E-state index contributed by atoms with van der Waals surface area (Å²) in [6, 6.07) is 4.40. The van der Waals surface area contributed by atoms with Gasteiger partial charge in [-0.3, -0.25) is 10.00 Å². The van der Waals surface area contributed by atoms with E-state index in [0.29, 0.717) is 12.2 Å². The second-order valence-electron chi connectivity index (χ2n) is 4.34. The molecule has 1 aromatic carbocycles. The molecule has 1 fully saturated rings. The Kier molecular flexibility index (Phi) is 3.07. The molecule has 8 heteroatoms. The van der Waals surface area contributed by atoms with E-state index in [-0.39, 0.29) is 24.0 Å². The minimum Gasteiger partial charge on any atom is -0.443 e. The summed E-state index contributed by atoms with van der Waals surface area (Å²) in [4.78, 5) is 16.9. The lowest BCUT2D eigenvalue weighted by Gasteiger charge is -2.13. The Morgan fingerprint density at radius 1 is 1.55 bits per heavy atom. The quantitative estimate of drug-likeness (QED) is 0.868. The number of carbonyl (C=O) groups is 1. The van der Waals surface area contributed by atoms with Crippen molar-refractivity contribution in [3.63, 3.8) is 0 Å². The molecule has 0 radical (unpaired) electrons. The van der Waals surface area contributed by atoms with Crippen LogP contribution in [0, 0.1) is 5.82 Å². The van der Waals surface area contributed by atoms with Gasteiger partial charge in [0, 0.05) is 6.54 Å². The van der Waals surface area contributed by atoms with Crippen molar-refractivity contribution >= 4 is 11.8 Å². The first kappa shape index (κ1) is 12.5. The molecule has 1 aliphatic rings. The SMILES string of the molecule is NCC1CN(c2ccc(-c3nc[nH]n3)c(F)c2)C(=O)O1. The molecule has 2 heterocycles. The lowest BCUT2D eigenvalue weighted by molar-refractivity contribution is 0.145. The molecular formula is C12H12FN5O2. The van der Waals surface area contributed by atoms with Crippen molar-refractivity contribution in [3.05, 3.63) is 30.3 Å². The van der Waals surface area contributed by atoms with Crippen molar-refractivity contribution in [2.75, 3.05) is 18.0 Å². The van der Waals surface area contributed by atoms with Gasteiger partial charge in [-0.05, 0) is 18.2 Å². The van der Waals surface area contributed by atoms with Gasteiger partial charge in [-0.15, -0.1) is 0 Å². The first-order chi connectivity index (χ1) is 9.69. The van der Waals surface area contributed by atoms with Crippen LogP contribution in [0.5, 0.6) is 0 Å². The van der Waals surface area contributed by atoms with Gasteiger partial charge in [-0.25, -0.2) is 14.2 Å². The Balaban J connectivity index is 1.89. The second-order valence-corrected chi connectivity index (χ2v) is 4.34. The van der Waals surface area contributed by atoms with Gasteiger partial charge in [0.2, 0.25) is 0 Å². The van der Waals surface area contributed by atoms with Gasteiger partial charge in [0.25, 0.3) is 0 Å². The molecule has 104 valence electrons. The Morgan fingerprint density at radius 2 is 2.40 bits per heavy atom. The zero-order chi connectivity index (χ0) is 14.1. The topological polar surface area (TPSA) is 97.1 Å². The molecule has 0 spiro atoms. The molecule has 3 N–H and O–H groups in total. The molecular weight excluding hydrogens is 265 g/mol. The fourth-order valence-electron chi connectivity index (χ4n) is 2.05. The molecule has 7 nitrogen and oxygen atoms in total. The molecule has 3 rings (SSSR count). The van der Waals surface area contributed by atoms with E-state index in [1.54, 1.807) is 6.07 Å². The highest BCUT2D eigenvalue weighted by Crippen LogP contribution is 2.27. The van der Waals surface area contributed by atoms with Crippen LogP contribution in [0.1, 0.15) is 0 Å². The van der Waals surface area contributed by atoms with Crippen LogP contribution in [0.3, 0.4) is 0 Å². The molecule has 2 aromatic rings. The smallest absolute Gasteiger partial charge is 0.414 e. The Morgan fingerprint density at radius 3 is 3.00 bits per heavy atom. The number of ether oxygens (including phenoxy) is 1. The number of nitrogens with two attached hydrogens (primary N) is 1.